The number of likely N-dealkylation sites (N-methyl/N-ethyl adjacent to an activating group) is 1. The van der Waals surface area contributed by atoms with Crippen LogP contribution in [0.2, 0.25) is 0 Å². The van der Waals surface area contributed by atoms with Gasteiger partial charge >= 0.3 is 0 Å². The molecule has 0 bridgehead atoms. The molecule has 0 aliphatic carbocycles. The number of anilines is 1. The predicted octanol–water partition coefficient (Wildman–Crippen LogP) is 3.13. The Bertz CT molecular complexity index is 443. The molecule has 0 unspecified atom stereocenters. The Hall–Kier alpha value is -1.22. The lowest BCUT2D eigenvalue weighted by Gasteiger charge is -2.36. The normalized spacial score (nSPS) is 17.4. The Morgan fingerprint density at radius 2 is 1.75 bits per heavy atom. The Balaban J connectivity index is 2.20. The average Bonchev–Trinajstić information content (AvgIpc) is 2.45. The van der Waals surface area contributed by atoms with Crippen LogP contribution in [0.5, 0.6) is 5.75 Å². The van der Waals surface area contributed by atoms with E-state index in [1.54, 1.807) is 7.11 Å². The molecule has 0 N–H and O–H groups in total. The molecule has 0 radical (unpaired) electrons. The number of hydrogen-bond acceptors (Lipinski definition) is 3. The summed E-state index contributed by atoms with van der Waals surface area (Å²) < 4.78 is 5.63. The van der Waals surface area contributed by atoms with E-state index in [1.807, 2.05) is 0 Å². The third-order valence-electron chi connectivity index (χ3n) is 4.21. The Labute approximate surface area is 123 Å². The summed E-state index contributed by atoms with van der Waals surface area (Å²) >= 11 is 0. The largest absolute Gasteiger partial charge is 0.495 e. The first-order valence-corrected chi connectivity index (χ1v) is 7.61. The van der Waals surface area contributed by atoms with Crippen LogP contribution in [-0.2, 0) is 5.41 Å². The van der Waals surface area contributed by atoms with Crippen LogP contribution in [0.15, 0.2) is 18.2 Å². The molecule has 0 amide bonds. The van der Waals surface area contributed by atoms with Crippen molar-refractivity contribution in [2.24, 2.45) is 0 Å². The standard InChI is InChI=1S/C17H28N2O/c1-6-18-9-11-19(12-10-18)15-8-7-14(17(2,3)4)13-16(15)20-5/h7-8,13H,6,9-12H2,1-5H3. The van der Waals surface area contributed by atoms with E-state index in [4.69, 9.17) is 4.74 Å². The lowest BCUT2D eigenvalue weighted by molar-refractivity contribution is 0.270. The van der Waals surface area contributed by atoms with Gasteiger partial charge < -0.3 is 14.5 Å². The van der Waals surface area contributed by atoms with E-state index in [2.05, 4.69) is 55.7 Å². The number of rotatable bonds is 3. The third-order valence-corrected chi connectivity index (χ3v) is 4.21. The van der Waals surface area contributed by atoms with Crippen molar-refractivity contribution >= 4 is 5.69 Å². The lowest BCUT2D eigenvalue weighted by Crippen LogP contribution is -2.46. The summed E-state index contributed by atoms with van der Waals surface area (Å²) in [5.41, 5.74) is 2.72. The van der Waals surface area contributed by atoms with Gasteiger partial charge in [0.15, 0.2) is 0 Å². The zero-order valence-electron chi connectivity index (χ0n) is 13.6. The smallest absolute Gasteiger partial charge is 0.142 e. The molecule has 3 heteroatoms. The Kier molecular flexibility index (Phi) is 4.59. The zero-order chi connectivity index (χ0) is 14.8. The molecule has 20 heavy (non-hydrogen) atoms. The number of ether oxygens (including phenoxy) is 1. The van der Waals surface area contributed by atoms with Gasteiger partial charge in [-0.1, -0.05) is 33.8 Å². The molecule has 0 spiro atoms. The van der Waals surface area contributed by atoms with Crippen molar-refractivity contribution < 1.29 is 4.74 Å². The molecular formula is C17H28N2O. The van der Waals surface area contributed by atoms with Gasteiger partial charge in [-0.3, -0.25) is 0 Å². The third kappa shape index (κ3) is 3.26. The molecule has 0 saturated carbocycles. The van der Waals surface area contributed by atoms with Gasteiger partial charge in [-0.15, -0.1) is 0 Å². The lowest BCUT2D eigenvalue weighted by atomic mass is 9.87. The van der Waals surface area contributed by atoms with Crippen LogP contribution in [0.4, 0.5) is 5.69 Å². The fourth-order valence-electron chi connectivity index (χ4n) is 2.71. The molecule has 112 valence electrons. The van der Waals surface area contributed by atoms with Gasteiger partial charge in [-0.2, -0.15) is 0 Å². The van der Waals surface area contributed by atoms with E-state index in [1.165, 1.54) is 11.3 Å². The average molecular weight is 276 g/mol. The van der Waals surface area contributed by atoms with Gasteiger partial charge in [0.25, 0.3) is 0 Å². The Morgan fingerprint density at radius 3 is 2.25 bits per heavy atom. The highest BCUT2D eigenvalue weighted by Crippen LogP contribution is 2.34. The number of nitrogens with zero attached hydrogens (tertiary/aromatic N) is 2. The minimum atomic E-state index is 0.159. The first-order valence-electron chi connectivity index (χ1n) is 7.61. The van der Waals surface area contributed by atoms with Crippen molar-refractivity contribution in [3.05, 3.63) is 23.8 Å². The van der Waals surface area contributed by atoms with Crippen molar-refractivity contribution in [3.63, 3.8) is 0 Å². The summed E-state index contributed by atoms with van der Waals surface area (Å²) in [6.07, 6.45) is 0. The van der Waals surface area contributed by atoms with Gasteiger partial charge in [-0.25, -0.2) is 0 Å². The second-order valence-corrected chi connectivity index (χ2v) is 6.56. The van der Waals surface area contributed by atoms with E-state index >= 15 is 0 Å². The highest BCUT2D eigenvalue weighted by molar-refractivity contribution is 5.60. The van der Waals surface area contributed by atoms with E-state index in [9.17, 15) is 0 Å². The van der Waals surface area contributed by atoms with Gasteiger partial charge in [0.05, 0.1) is 12.8 Å². The van der Waals surface area contributed by atoms with Crippen LogP contribution in [0.1, 0.15) is 33.3 Å². The van der Waals surface area contributed by atoms with Crippen molar-refractivity contribution in [3.8, 4) is 5.75 Å². The van der Waals surface area contributed by atoms with Gasteiger partial charge in [-0.05, 0) is 29.7 Å². The van der Waals surface area contributed by atoms with E-state index in [-0.39, 0.29) is 5.41 Å². The van der Waals surface area contributed by atoms with E-state index in [0.717, 1.165) is 38.5 Å². The first-order chi connectivity index (χ1) is 9.45. The van der Waals surface area contributed by atoms with Gasteiger partial charge in [0.2, 0.25) is 0 Å². The van der Waals surface area contributed by atoms with Crippen LogP contribution >= 0.6 is 0 Å². The van der Waals surface area contributed by atoms with E-state index < -0.39 is 0 Å². The van der Waals surface area contributed by atoms with Crippen molar-refractivity contribution in [1.82, 2.24) is 4.90 Å². The number of piperazine rings is 1. The fraction of sp³-hybridized carbons (Fsp3) is 0.647. The SMILES string of the molecule is CCN1CCN(c2ccc(C(C)(C)C)cc2OC)CC1. The number of methoxy groups -OCH3 is 1. The maximum atomic E-state index is 5.63. The molecule has 1 fully saturated rings. The molecule has 1 aromatic carbocycles. The molecule has 0 atom stereocenters. The molecule has 3 nitrogen and oxygen atoms in total. The molecule has 1 heterocycles. The highest BCUT2D eigenvalue weighted by Gasteiger charge is 2.21. The maximum absolute atomic E-state index is 5.63. The summed E-state index contributed by atoms with van der Waals surface area (Å²) in [6.45, 7) is 14.5. The molecule has 1 aromatic rings. The Morgan fingerprint density at radius 1 is 1.10 bits per heavy atom. The summed E-state index contributed by atoms with van der Waals surface area (Å²) in [7, 11) is 1.77. The van der Waals surface area contributed by atoms with Gasteiger partial charge in [0.1, 0.15) is 5.75 Å². The highest BCUT2D eigenvalue weighted by atomic mass is 16.5. The predicted molar refractivity (Wildman–Crippen MR) is 86.0 cm³/mol. The number of hydrogen-bond donors (Lipinski definition) is 0. The fourth-order valence-corrected chi connectivity index (χ4v) is 2.71. The minimum Gasteiger partial charge on any atom is -0.495 e. The molecule has 1 aliphatic heterocycles. The molecule has 0 aromatic heterocycles. The first kappa shape index (κ1) is 15.2. The maximum Gasteiger partial charge on any atom is 0.142 e. The summed E-state index contributed by atoms with van der Waals surface area (Å²) in [5.74, 6) is 1.00. The molecule has 2 rings (SSSR count). The van der Waals surface area contributed by atoms with Crippen LogP contribution < -0.4 is 9.64 Å². The van der Waals surface area contributed by atoms with Crippen LogP contribution in [0, 0.1) is 0 Å². The quantitative estimate of drug-likeness (QED) is 0.843. The molecule has 1 aliphatic rings. The molecular weight excluding hydrogens is 248 g/mol. The minimum absolute atomic E-state index is 0.159. The summed E-state index contributed by atoms with van der Waals surface area (Å²) in [5, 5.41) is 0. The monoisotopic (exact) mass is 276 g/mol. The summed E-state index contributed by atoms with van der Waals surface area (Å²) in [4.78, 5) is 4.93. The second-order valence-electron chi connectivity index (χ2n) is 6.56. The molecule has 1 saturated heterocycles. The summed E-state index contributed by atoms with van der Waals surface area (Å²) in [6, 6.07) is 6.66. The zero-order valence-corrected chi connectivity index (χ0v) is 13.6. The van der Waals surface area contributed by atoms with Crippen molar-refractivity contribution in [1.29, 1.82) is 0 Å². The van der Waals surface area contributed by atoms with Crippen molar-refractivity contribution in [2.45, 2.75) is 33.1 Å². The second kappa shape index (κ2) is 6.04. The van der Waals surface area contributed by atoms with Gasteiger partial charge in [0, 0.05) is 26.2 Å². The topological polar surface area (TPSA) is 15.7 Å². The van der Waals surface area contributed by atoms with Crippen molar-refractivity contribution in [2.75, 3.05) is 44.7 Å². The van der Waals surface area contributed by atoms with E-state index in [0.29, 0.717) is 0 Å². The van der Waals surface area contributed by atoms with Crippen LogP contribution in [-0.4, -0.2) is 44.7 Å². The van der Waals surface area contributed by atoms with Crippen LogP contribution in [0.25, 0.3) is 0 Å². The van der Waals surface area contributed by atoms with Crippen LogP contribution in [0.3, 0.4) is 0 Å². The number of benzene rings is 1.